The van der Waals surface area contributed by atoms with E-state index in [9.17, 15) is 5.11 Å². The molecule has 104 valence electrons. The molecule has 2 atom stereocenters. The molecule has 0 aliphatic rings. The lowest BCUT2D eigenvalue weighted by Gasteiger charge is -2.17. The van der Waals surface area contributed by atoms with Gasteiger partial charge < -0.3 is 15.2 Å². The summed E-state index contributed by atoms with van der Waals surface area (Å²) < 4.78 is 5.39. The van der Waals surface area contributed by atoms with Crippen LogP contribution in [0.2, 0.25) is 0 Å². The summed E-state index contributed by atoms with van der Waals surface area (Å²) in [6.07, 6.45) is 0.757. The lowest BCUT2D eigenvalue weighted by atomic mass is 10.2. The Balaban J connectivity index is 3.38. The van der Waals surface area contributed by atoms with Crippen LogP contribution in [0.5, 0.6) is 0 Å². The molecule has 0 rings (SSSR count). The maximum Gasteiger partial charge on any atom is 0.0897 e. The Morgan fingerprint density at radius 1 is 1.24 bits per heavy atom. The van der Waals surface area contributed by atoms with Gasteiger partial charge in [0, 0.05) is 19.2 Å². The minimum absolute atomic E-state index is 0.393. The van der Waals surface area contributed by atoms with Crippen LogP contribution in [0.1, 0.15) is 34.1 Å². The third-order valence-electron chi connectivity index (χ3n) is 2.36. The van der Waals surface area contributed by atoms with Crippen LogP contribution in [0.25, 0.3) is 0 Å². The van der Waals surface area contributed by atoms with Crippen molar-refractivity contribution in [3.8, 4) is 0 Å². The fourth-order valence-electron chi connectivity index (χ4n) is 1.34. The molecule has 0 saturated heterocycles. The van der Waals surface area contributed by atoms with E-state index < -0.39 is 6.10 Å². The van der Waals surface area contributed by atoms with Crippen molar-refractivity contribution in [3.63, 3.8) is 0 Å². The van der Waals surface area contributed by atoms with Crippen LogP contribution in [0.4, 0.5) is 0 Å². The quantitative estimate of drug-likeness (QED) is 0.560. The maximum absolute atomic E-state index is 9.69. The normalized spacial score (nSPS) is 15.2. The van der Waals surface area contributed by atoms with E-state index in [2.05, 4.69) is 33.0 Å². The Labute approximate surface area is 111 Å². The molecular weight excluding hydrogens is 234 g/mol. The van der Waals surface area contributed by atoms with Crippen LogP contribution >= 0.6 is 11.8 Å². The summed E-state index contributed by atoms with van der Waals surface area (Å²) in [5.74, 6) is 2.89. The van der Waals surface area contributed by atoms with Crippen molar-refractivity contribution >= 4 is 11.8 Å². The molecule has 2 N–H and O–H groups in total. The zero-order valence-corrected chi connectivity index (χ0v) is 12.6. The van der Waals surface area contributed by atoms with Gasteiger partial charge in [-0.1, -0.05) is 20.8 Å². The van der Waals surface area contributed by atoms with Crippen LogP contribution in [-0.2, 0) is 4.74 Å². The third kappa shape index (κ3) is 12.5. The molecular formula is C13H29NO2S. The van der Waals surface area contributed by atoms with Crippen LogP contribution in [0.3, 0.4) is 0 Å². The Bertz CT molecular complexity index is 167. The minimum Gasteiger partial charge on any atom is -0.389 e. The topological polar surface area (TPSA) is 41.5 Å². The van der Waals surface area contributed by atoms with E-state index in [1.165, 1.54) is 11.5 Å². The van der Waals surface area contributed by atoms with Crippen LogP contribution in [0.15, 0.2) is 0 Å². The lowest BCUT2D eigenvalue weighted by Crippen LogP contribution is -2.36. The third-order valence-corrected chi connectivity index (χ3v) is 3.30. The zero-order valence-electron chi connectivity index (χ0n) is 11.7. The van der Waals surface area contributed by atoms with E-state index >= 15 is 0 Å². The van der Waals surface area contributed by atoms with E-state index in [-0.39, 0.29) is 0 Å². The maximum atomic E-state index is 9.69. The molecule has 0 aliphatic carbocycles. The molecule has 0 amide bonds. The van der Waals surface area contributed by atoms with Gasteiger partial charge in [0.15, 0.2) is 0 Å². The predicted molar refractivity (Wildman–Crippen MR) is 76.7 cm³/mol. The van der Waals surface area contributed by atoms with Crippen molar-refractivity contribution in [2.75, 3.05) is 31.3 Å². The number of hydrogen-bond donors (Lipinski definition) is 2. The molecule has 0 heterocycles. The molecule has 4 heteroatoms. The van der Waals surface area contributed by atoms with Crippen molar-refractivity contribution in [1.29, 1.82) is 0 Å². The molecule has 0 saturated carbocycles. The molecule has 0 aromatic rings. The summed E-state index contributed by atoms with van der Waals surface area (Å²) in [4.78, 5) is 0. The summed E-state index contributed by atoms with van der Waals surface area (Å²) >= 11 is 1.96. The second-order valence-corrected chi connectivity index (χ2v) is 6.27. The van der Waals surface area contributed by atoms with Crippen LogP contribution in [-0.4, -0.2) is 48.5 Å². The van der Waals surface area contributed by atoms with E-state index in [0.29, 0.717) is 25.1 Å². The van der Waals surface area contributed by atoms with Crippen molar-refractivity contribution in [2.24, 2.45) is 5.92 Å². The lowest BCUT2D eigenvalue weighted by molar-refractivity contribution is 0.0252. The summed E-state index contributed by atoms with van der Waals surface area (Å²) in [6.45, 7) is 10.3. The fourth-order valence-corrected chi connectivity index (χ4v) is 2.15. The SMILES string of the molecule is CCSCCC(C)NCC(O)COCC(C)C. The smallest absolute Gasteiger partial charge is 0.0897 e. The van der Waals surface area contributed by atoms with E-state index in [0.717, 1.165) is 13.0 Å². The minimum atomic E-state index is -0.393. The molecule has 0 bridgehead atoms. The number of aliphatic hydroxyl groups excluding tert-OH is 1. The number of nitrogens with one attached hydrogen (secondary N) is 1. The monoisotopic (exact) mass is 263 g/mol. The van der Waals surface area contributed by atoms with Gasteiger partial charge in [0.2, 0.25) is 0 Å². The average molecular weight is 263 g/mol. The first kappa shape index (κ1) is 17.2. The number of ether oxygens (including phenoxy) is 1. The Morgan fingerprint density at radius 2 is 1.94 bits per heavy atom. The standard InChI is InChI=1S/C13H29NO2S/c1-5-17-7-6-12(4)14-8-13(15)10-16-9-11(2)3/h11-15H,5-10H2,1-4H3. The summed E-state index contributed by atoms with van der Waals surface area (Å²) in [7, 11) is 0. The molecule has 0 aliphatic heterocycles. The Hall–Kier alpha value is 0.230. The number of thioether (sulfide) groups is 1. The first-order valence-electron chi connectivity index (χ1n) is 6.63. The summed E-state index contributed by atoms with van der Waals surface area (Å²) in [5.41, 5.74) is 0. The van der Waals surface area contributed by atoms with Gasteiger partial charge in [-0.05, 0) is 30.8 Å². The highest BCUT2D eigenvalue weighted by Gasteiger charge is 2.07. The molecule has 0 spiro atoms. The van der Waals surface area contributed by atoms with Crippen LogP contribution in [0, 0.1) is 5.92 Å². The van der Waals surface area contributed by atoms with Gasteiger partial charge in [0.05, 0.1) is 12.7 Å². The highest BCUT2D eigenvalue weighted by molar-refractivity contribution is 7.99. The number of aliphatic hydroxyl groups is 1. The van der Waals surface area contributed by atoms with Gasteiger partial charge >= 0.3 is 0 Å². The second-order valence-electron chi connectivity index (χ2n) is 4.88. The summed E-state index contributed by atoms with van der Waals surface area (Å²) in [5, 5.41) is 13.0. The largest absolute Gasteiger partial charge is 0.389 e. The molecule has 2 unspecified atom stereocenters. The predicted octanol–water partition coefficient (Wildman–Crippen LogP) is 2.14. The molecule has 3 nitrogen and oxygen atoms in total. The summed E-state index contributed by atoms with van der Waals surface area (Å²) in [6, 6.07) is 0.466. The van der Waals surface area contributed by atoms with Gasteiger partial charge in [0.1, 0.15) is 0 Å². The van der Waals surface area contributed by atoms with Crippen molar-refractivity contribution in [2.45, 2.75) is 46.3 Å². The van der Waals surface area contributed by atoms with Gasteiger partial charge in [0.25, 0.3) is 0 Å². The molecule has 0 aromatic heterocycles. The fraction of sp³-hybridized carbons (Fsp3) is 1.00. The molecule has 0 radical (unpaired) electrons. The Morgan fingerprint density at radius 3 is 2.53 bits per heavy atom. The van der Waals surface area contributed by atoms with E-state index in [1.807, 2.05) is 11.8 Å². The first-order chi connectivity index (χ1) is 8.06. The molecule has 0 fully saturated rings. The van der Waals surface area contributed by atoms with E-state index in [4.69, 9.17) is 4.74 Å². The van der Waals surface area contributed by atoms with Gasteiger partial charge in [-0.3, -0.25) is 0 Å². The number of hydrogen-bond acceptors (Lipinski definition) is 4. The average Bonchev–Trinajstić information content (AvgIpc) is 2.26. The second kappa shape index (κ2) is 11.3. The Kier molecular flexibility index (Phi) is 11.5. The van der Waals surface area contributed by atoms with Gasteiger partial charge in [-0.15, -0.1) is 0 Å². The van der Waals surface area contributed by atoms with E-state index in [1.54, 1.807) is 0 Å². The zero-order chi connectivity index (χ0) is 13.1. The van der Waals surface area contributed by atoms with Gasteiger partial charge in [-0.2, -0.15) is 11.8 Å². The van der Waals surface area contributed by atoms with Crippen LogP contribution < -0.4 is 5.32 Å². The van der Waals surface area contributed by atoms with Crippen molar-refractivity contribution in [1.82, 2.24) is 5.32 Å². The molecule has 17 heavy (non-hydrogen) atoms. The highest BCUT2D eigenvalue weighted by atomic mass is 32.2. The van der Waals surface area contributed by atoms with Crippen molar-refractivity contribution < 1.29 is 9.84 Å². The highest BCUT2D eigenvalue weighted by Crippen LogP contribution is 2.03. The first-order valence-corrected chi connectivity index (χ1v) is 7.78. The molecule has 0 aromatic carbocycles. The van der Waals surface area contributed by atoms with Gasteiger partial charge in [-0.25, -0.2) is 0 Å². The number of rotatable bonds is 11. The van der Waals surface area contributed by atoms with Crippen molar-refractivity contribution in [3.05, 3.63) is 0 Å².